The van der Waals surface area contributed by atoms with Crippen LogP contribution in [0.25, 0.3) is 0 Å². The van der Waals surface area contributed by atoms with Crippen molar-refractivity contribution in [1.29, 1.82) is 5.26 Å². The number of hydrogen-bond acceptors (Lipinski definition) is 5. The molecule has 0 spiro atoms. The second-order valence-electron chi connectivity index (χ2n) is 4.78. The molecule has 1 heterocycles. The van der Waals surface area contributed by atoms with E-state index >= 15 is 0 Å². The van der Waals surface area contributed by atoms with Gasteiger partial charge in [-0.1, -0.05) is 6.92 Å². The Kier molecular flexibility index (Phi) is 3.67. The van der Waals surface area contributed by atoms with Crippen molar-refractivity contribution in [3.05, 3.63) is 33.9 Å². The van der Waals surface area contributed by atoms with Crippen LogP contribution in [0.15, 0.2) is 18.2 Å². The number of nitriles is 1. The van der Waals surface area contributed by atoms with E-state index < -0.39 is 4.92 Å². The average molecular weight is 261 g/mol. The monoisotopic (exact) mass is 261 g/mol. The van der Waals surface area contributed by atoms with Gasteiger partial charge in [-0.3, -0.25) is 10.1 Å². The van der Waals surface area contributed by atoms with Crippen LogP contribution in [0.5, 0.6) is 0 Å². The molecule has 1 aliphatic rings. The summed E-state index contributed by atoms with van der Waals surface area (Å²) in [6.07, 6.45) is 0.874. The molecule has 0 amide bonds. The lowest BCUT2D eigenvalue weighted by Gasteiger charge is -2.27. The molecule has 1 aromatic carbocycles. The number of hydrogen-bond donors (Lipinski definition) is 1. The second-order valence-corrected chi connectivity index (χ2v) is 4.78. The third kappa shape index (κ3) is 2.37. The number of nitro benzene ring substituents is 1. The molecule has 0 bridgehead atoms. The van der Waals surface area contributed by atoms with Crippen molar-refractivity contribution in [2.75, 3.05) is 18.1 Å². The topological polar surface area (TPSA) is 90.4 Å². The summed E-state index contributed by atoms with van der Waals surface area (Å²) in [7, 11) is 0. The maximum atomic E-state index is 11.1. The van der Waals surface area contributed by atoms with E-state index in [1.807, 2.05) is 17.9 Å². The Morgan fingerprint density at radius 1 is 1.63 bits per heavy atom. The van der Waals surface area contributed by atoms with Gasteiger partial charge in [0, 0.05) is 12.6 Å². The van der Waals surface area contributed by atoms with Gasteiger partial charge in [0.2, 0.25) is 0 Å². The summed E-state index contributed by atoms with van der Waals surface area (Å²) in [4.78, 5) is 12.5. The molecule has 0 radical (unpaired) electrons. The van der Waals surface area contributed by atoms with Gasteiger partial charge in [-0.2, -0.15) is 5.26 Å². The molecule has 1 saturated heterocycles. The van der Waals surface area contributed by atoms with Gasteiger partial charge in [-0.05, 0) is 24.5 Å². The largest absolute Gasteiger partial charge is 0.394 e. The molecule has 2 unspecified atom stereocenters. The molecule has 0 aliphatic carbocycles. The fraction of sp³-hybridized carbons (Fsp3) is 0.462. The highest BCUT2D eigenvalue weighted by Gasteiger charge is 2.34. The zero-order valence-corrected chi connectivity index (χ0v) is 10.6. The van der Waals surface area contributed by atoms with Gasteiger partial charge in [0.05, 0.1) is 29.2 Å². The van der Waals surface area contributed by atoms with E-state index in [1.165, 1.54) is 18.2 Å². The van der Waals surface area contributed by atoms with Crippen LogP contribution in [-0.4, -0.2) is 29.2 Å². The number of benzene rings is 1. The maximum absolute atomic E-state index is 11.1. The predicted octanol–water partition coefficient (Wildman–Crippen LogP) is 1.67. The van der Waals surface area contributed by atoms with Crippen LogP contribution < -0.4 is 4.90 Å². The van der Waals surface area contributed by atoms with Crippen molar-refractivity contribution in [2.45, 2.75) is 19.4 Å². The normalized spacial score (nSPS) is 22.3. The number of nitro groups is 1. The van der Waals surface area contributed by atoms with Gasteiger partial charge >= 0.3 is 0 Å². The van der Waals surface area contributed by atoms with E-state index in [1.54, 1.807) is 0 Å². The minimum atomic E-state index is -0.450. The molecule has 1 N–H and O–H groups in total. The van der Waals surface area contributed by atoms with Crippen molar-refractivity contribution < 1.29 is 10.0 Å². The molecular weight excluding hydrogens is 246 g/mol. The van der Waals surface area contributed by atoms with Crippen molar-refractivity contribution >= 4 is 11.4 Å². The lowest BCUT2D eigenvalue weighted by Crippen LogP contribution is -2.35. The zero-order valence-electron chi connectivity index (χ0n) is 10.6. The molecule has 6 heteroatoms. The van der Waals surface area contributed by atoms with E-state index in [9.17, 15) is 15.2 Å². The van der Waals surface area contributed by atoms with Crippen LogP contribution in [0.4, 0.5) is 11.4 Å². The Hall–Kier alpha value is -2.13. The van der Waals surface area contributed by atoms with Gasteiger partial charge in [0.1, 0.15) is 5.69 Å². The molecule has 6 nitrogen and oxygen atoms in total. The van der Waals surface area contributed by atoms with Crippen LogP contribution >= 0.6 is 0 Å². The Morgan fingerprint density at radius 2 is 2.37 bits per heavy atom. The maximum Gasteiger partial charge on any atom is 0.292 e. The Labute approximate surface area is 111 Å². The first-order chi connectivity index (χ1) is 9.08. The molecule has 19 heavy (non-hydrogen) atoms. The standard InChI is InChI=1S/C13H15N3O3/c1-9-4-5-15(13(9)8-17)12-6-10(7-14)2-3-11(12)16(18)19/h2-3,6,9,13,17H,4-5,8H2,1H3. The van der Waals surface area contributed by atoms with Gasteiger partial charge in [0.25, 0.3) is 5.69 Å². The molecule has 100 valence electrons. The van der Waals surface area contributed by atoms with Crippen molar-refractivity contribution in [2.24, 2.45) is 5.92 Å². The Bertz CT molecular complexity index is 538. The molecule has 0 aromatic heterocycles. The summed E-state index contributed by atoms with van der Waals surface area (Å²) in [5.41, 5.74) is 0.788. The first-order valence-corrected chi connectivity index (χ1v) is 6.14. The highest BCUT2D eigenvalue weighted by atomic mass is 16.6. The molecule has 1 aliphatic heterocycles. The van der Waals surface area contributed by atoms with Crippen molar-refractivity contribution in [3.8, 4) is 6.07 Å². The summed E-state index contributed by atoms with van der Waals surface area (Å²) < 4.78 is 0. The summed E-state index contributed by atoms with van der Waals surface area (Å²) in [5, 5.41) is 29.5. The highest BCUT2D eigenvalue weighted by Crippen LogP contribution is 2.36. The Morgan fingerprint density at radius 3 is 2.95 bits per heavy atom. The number of nitrogens with zero attached hydrogens (tertiary/aromatic N) is 3. The van der Waals surface area contributed by atoms with E-state index in [4.69, 9.17) is 5.26 Å². The quantitative estimate of drug-likeness (QED) is 0.660. The minimum absolute atomic E-state index is 0.0217. The lowest BCUT2D eigenvalue weighted by atomic mass is 10.0. The average Bonchev–Trinajstić information content (AvgIpc) is 2.78. The van der Waals surface area contributed by atoms with E-state index in [0.717, 1.165) is 6.42 Å². The van der Waals surface area contributed by atoms with Crippen LogP contribution in [0.3, 0.4) is 0 Å². The molecule has 1 aromatic rings. The first kappa shape index (κ1) is 13.3. The van der Waals surface area contributed by atoms with Gasteiger partial charge in [0.15, 0.2) is 0 Å². The van der Waals surface area contributed by atoms with E-state index in [-0.39, 0.29) is 24.3 Å². The molecule has 2 rings (SSSR count). The highest BCUT2D eigenvalue weighted by molar-refractivity contribution is 5.67. The van der Waals surface area contributed by atoms with Crippen LogP contribution in [0.1, 0.15) is 18.9 Å². The lowest BCUT2D eigenvalue weighted by molar-refractivity contribution is -0.384. The van der Waals surface area contributed by atoms with Crippen molar-refractivity contribution in [1.82, 2.24) is 0 Å². The zero-order chi connectivity index (χ0) is 14.0. The van der Waals surface area contributed by atoms with Gasteiger partial charge in [-0.15, -0.1) is 0 Å². The number of rotatable bonds is 3. The minimum Gasteiger partial charge on any atom is -0.394 e. The fourth-order valence-electron chi connectivity index (χ4n) is 2.56. The van der Waals surface area contributed by atoms with Crippen LogP contribution in [0, 0.1) is 27.4 Å². The number of anilines is 1. The SMILES string of the molecule is CC1CCN(c2cc(C#N)ccc2[N+](=O)[O-])C1CO. The second kappa shape index (κ2) is 5.24. The molecule has 1 fully saturated rings. The smallest absolute Gasteiger partial charge is 0.292 e. The number of aliphatic hydroxyl groups is 1. The predicted molar refractivity (Wildman–Crippen MR) is 69.8 cm³/mol. The van der Waals surface area contributed by atoms with Crippen LogP contribution in [-0.2, 0) is 0 Å². The first-order valence-electron chi connectivity index (χ1n) is 6.14. The van der Waals surface area contributed by atoms with Gasteiger partial charge < -0.3 is 10.0 Å². The van der Waals surface area contributed by atoms with Gasteiger partial charge in [-0.25, -0.2) is 0 Å². The summed E-state index contributed by atoms with van der Waals surface area (Å²) in [6.45, 7) is 2.62. The summed E-state index contributed by atoms with van der Waals surface area (Å²) in [6, 6.07) is 6.18. The molecular formula is C13H15N3O3. The molecule has 0 saturated carbocycles. The van der Waals surface area contributed by atoms with Crippen LogP contribution in [0.2, 0.25) is 0 Å². The number of aliphatic hydroxyl groups excluding tert-OH is 1. The summed E-state index contributed by atoms with van der Waals surface area (Å²) >= 11 is 0. The third-order valence-corrected chi connectivity index (χ3v) is 3.68. The fourth-order valence-corrected chi connectivity index (χ4v) is 2.56. The van der Waals surface area contributed by atoms with E-state index in [2.05, 4.69) is 0 Å². The third-order valence-electron chi connectivity index (χ3n) is 3.68. The summed E-state index contributed by atoms with van der Waals surface area (Å²) in [5.74, 6) is 0.273. The van der Waals surface area contributed by atoms with E-state index in [0.29, 0.717) is 17.8 Å². The van der Waals surface area contributed by atoms with Crippen molar-refractivity contribution in [3.63, 3.8) is 0 Å². The Balaban J connectivity index is 2.48. The molecule has 2 atom stereocenters.